The van der Waals surface area contributed by atoms with Gasteiger partial charge in [-0.2, -0.15) is 0 Å². The number of thioether (sulfide) groups is 1. The molecule has 1 heterocycles. The number of amides is 1. The van der Waals surface area contributed by atoms with Crippen molar-refractivity contribution in [2.75, 3.05) is 11.1 Å². The van der Waals surface area contributed by atoms with Crippen LogP contribution in [0.4, 0.5) is 5.69 Å². The minimum absolute atomic E-state index is 0.0217. The smallest absolute Gasteiger partial charge is 0.237 e. The number of hydrogen-bond donors (Lipinski definition) is 1. The second-order valence-electron chi connectivity index (χ2n) is 4.45. The fourth-order valence-electron chi connectivity index (χ4n) is 2.06. The number of anilines is 1. The van der Waals surface area contributed by atoms with E-state index >= 15 is 0 Å². The number of carbonyl (C=O) groups is 2. The first-order chi connectivity index (χ1) is 8.68. The standard InChI is InChI=1S/C14H17NO2S/c1-10(16)11-6-2-3-7-12(11)15-14(17)13-8-4-5-9-18-13/h2-3,6-7,13H,4-5,8-9H2,1H3,(H,15,17). The molecule has 1 aliphatic heterocycles. The maximum Gasteiger partial charge on any atom is 0.237 e. The first kappa shape index (κ1) is 13.1. The van der Waals surface area contributed by atoms with E-state index in [0.29, 0.717) is 11.3 Å². The monoisotopic (exact) mass is 263 g/mol. The Labute approximate surface area is 111 Å². The van der Waals surface area contributed by atoms with Crippen molar-refractivity contribution in [1.82, 2.24) is 0 Å². The molecule has 1 amide bonds. The van der Waals surface area contributed by atoms with Crippen LogP contribution in [0.25, 0.3) is 0 Å². The van der Waals surface area contributed by atoms with E-state index in [4.69, 9.17) is 0 Å². The molecule has 0 aromatic heterocycles. The van der Waals surface area contributed by atoms with Crippen molar-refractivity contribution in [3.05, 3.63) is 29.8 Å². The first-order valence-electron chi connectivity index (χ1n) is 6.21. The summed E-state index contributed by atoms with van der Waals surface area (Å²) in [5, 5.41) is 2.91. The van der Waals surface area contributed by atoms with Crippen LogP contribution in [0.5, 0.6) is 0 Å². The molecule has 2 rings (SSSR count). The van der Waals surface area contributed by atoms with E-state index in [-0.39, 0.29) is 16.9 Å². The van der Waals surface area contributed by atoms with Gasteiger partial charge in [0.25, 0.3) is 0 Å². The van der Waals surface area contributed by atoms with E-state index in [1.165, 1.54) is 13.3 Å². The van der Waals surface area contributed by atoms with Crippen LogP contribution in [0.1, 0.15) is 36.5 Å². The number of benzene rings is 1. The molecule has 0 spiro atoms. The molecule has 0 aliphatic carbocycles. The van der Waals surface area contributed by atoms with Gasteiger partial charge in [-0.3, -0.25) is 9.59 Å². The predicted molar refractivity (Wildman–Crippen MR) is 75.2 cm³/mol. The Morgan fingerprint density at radius 1 is 1.28 bits per heavy atom. The highest BCUT2D eigenvalue weighted by atomic mass is 32.2. The number of para-hydroxylation sites is 1. The molecule has 1 aromatic rings. The Bertz CT molecular complexity index is 453. The zero-order valence-electron chi connectivity index (χ0n) is 10.4. The first-order valence-corrected chi connectivity index (χ1v) is 7.26. The highest BCUT2D eigenvalue weighted by Gasteiger charge is 2.22. The van der Waals surface area contributed by atoms with Crippen LogP contribution in [-0.4, -0.2) is 22.7 Å². The molecule has 1 saturated heterocycles. The lowest BCUT2D eigenvalue weighted by Crippen LogP contribution is -2.28. The molecule has 1 N–H and O–H groups in total. The molecule has 1 atom stereocenters. The molecular formula is C14H17NO2S. The third-order valence-electron chi connectivity index (χ3n) is 3.04. The fraction of sp³-hybridized carbons (Fsp3) is 0.429. The third-order valence-corrected chi connectivity index (χ3v) is 4.41. The molecule has 96 valence electrons. The van der Waals surface area contributed by atoms with Crippen molar-refractivity contribution in [2.45, 2.75) is 31.4 Å². The van der Waals surface area contributed by atoms with Crippen molar-refractivity contribution in [3.8, 4) is 0 Å². The lowest BCUT2D eigenvalue weighted by Gasteiger charge is -2.21. The van der Waals surface area contributed by atoms with Gasteiger partial charge < -0.3 is 5.32 Å². The van der Waals surface area contributed by atoms with Crippen LogP contribution >= 0.6 is 11.8 Å². The van der Waals surface area contributed by atoms with Crippen LogP contribution in [0.2, 0.25) is 0 Å². The average molecular weight is 263 g/mol. The number of carbonyl (C=O) groups excluding carboxylic acids is 2. The Morgan fingerprint density at radius 3 is 2.72 bits per heavy atom. The number of Topliss-reactive ketones (excluding diaryl/α,β-unsaturated/α-hetero) is 1. The van der Waals surface area contributed by atoms with Crippen molar-refractivity contribution in [1.29, 1.82) is 0 Å². The minimum atomic E-state index is -0.0257. The fourth-order valence-corrected chi connectivity index (χ4v) is 3.26. The summed E-state index contributed by atoms with van der Waals surface area (Å²) in [6.45, 7) is 1.51. The van der Waals surface area contributed by atoms with Gasteiger partial charge in [0, 0.05) is 5.56 Å². The normalized spacial score (nSPS) is 19.3. The summed E-state index contributed by atoms with van der Waals surface area (Å²) in [7, 11) is 0. The topological polar surface area (TPSA) is 46.2 Å². The highest BCUT2D eigenvalue weighted by Crippen LogP contribution is 2.26. The van der Waals surface area contributed by atoms with Gasteiger partial charge in [-0.15, -0.1) is 11.8 Å². The zero-order chi connectivity index (χ0) is 13.0. The van der Waals surface area contributed by atoms with Crippen LogP contribution < -0.4 is 5.32 Å². The molecule has 1 aliphatic rings. The Balaban J connectivity index is 2.08. The molecule has 1 unspecified atom stereocenters. The highest BCUT2D eigenvalue weighted by molar-refractivity contribution is 8.00. The summed E-state index contributed by atoms with van der Waals surface area (Å²) in [4.78, 5) is 23.6. The van der Waals surface area contributed by atoms with E-state index in [0.717, 1.165) is 18.6 Å². The molecule has 3 nitrogen and oxygen atoms in total. The molecule has 0 radical (unpaired) electrons. The van der Waals surface area contributed by atoms with Gasteiger partial charge in [-0.05, 0) is 37.7 Å². The molecule has 1 fully saturated rings. The van der Waals surface area contributed by atoms with Crippen molar-refractivity contribution >= 4 is 29.1 Å². The van der Waals surface area contributed by atoms with Crippen LogP contribution in [0.15, 0.2) is 24.3 Å². The number of rotatable bonds is 3. The summed E-state index contributed by atoms with van der Waals surface area (Å²) in [5.41, 5.74) is 1.20. The van der Waals surface area contributed by atoms with Crippen molar-refractivity contribution in [3.63, 3.8) is 0 Å². The lowest BCUT2D eigenvalue weighted by molar-refractivity contribution is -0.115. The van der Waals surface area contributed by atoms with Gasteiger partial charge in [0.15, 0.2) is 5.78 Å². The molecule has 4 heteroatoms. The van der Waals surface area contributed by atoms with Gasteiger partial charge in [0.05, 0.1) is 10.9 Å². The predicted octanol–water partition coefficient (Wildman–Crippen LogP) is 3.11. The second-order valence-corrected chi connectivity index (χ2v) is 5.76. The number of ketones is 1. The minimum Gasteiger partial charge on any atom is -0.324 e. The number of nitrogens with one attached hydrogen (secondary N) is 1. The van der Waals surface area contributed by atoms with E-state index in [9.17, 15) is 9.59 Å². The number of hydrogen-bond acceptors (Lipinski definition) is 3. The summed E-state index contributed by atoms with van der Waals surface area (Å²) >= 11 is 1.71. The Kier molecular flexibility index (Phi) is 4.42. The molecule has 0 saturated carbocycles. The van der Waals surface area contributed by atoms with E-state index in [1.54, 1.807) is 23.9 Å². The van der Waals surface area contributed by atoms with Crippen LogP contribution in [-0.2, 0) is 4.79 Å². The van der Waals surface area contributed by atoms with Gasteiger partial charge in [0.1, 0.15) is 0 Å². The molecule has 0 bridgehead atoms. The van der Waals surface area contributed by atoms with Crippen molar-refractivity contribution < 1.29 is 9.59 Å². The summed E-state index contributed by atoms with van der Waals surface area (Å²) < 4.78 is 0. The largest absolute Gasteiger partial charge is 0.324 e. The van der Waals surface area contributed by atoms with Crippen LogP contribution in [0, 0.1) is 0 Å². The quantitative estimate of drug-likeness (QED) is 0.852. The Hall–Kier alpha value is -1.29. The van der Waals surface area contributed by atoms with E-state index in [2.05, 4.69) is 5.32 Å². The van der Waals surface area contributed by atoms with E-state index in [1.807, 2.05) is 12.1 Å². The molecular weight excluding hydrogens is 246 g/mol. The SMILES string of the molecule is CC(=O)c1ccccc1NC(=O)C1CCCCS1. The average Bonchev–Trinajstić information content (AvgIpc) is 2.40. The maximum absolute atomic E-state index is 12.1. The van der Waals surface area contributed by atoms with Crippen molar-refractivity contribution in [2.24, 2.45) is 0 Å². The molecule has 1 aromatic carbocycles. The summed E-state index contributed by atoms with van der Waals surface area (Å²) in [6.07, 6.45) is 3.23. The third kappa shape index (κ3) is 3.13. The summed E-state index contributed by atoms with van der Waals surface area (Å²) in [6, 6.07) is 7.16. The molecule has 18 heavy (non-hydrogen) atoms. The zero-order valence-corrected chi connectivity index (χ0v) is 11.3. The lowest BCUT2D eigenvalue weighted by atomic mass is 10.1. The summed E-state index contributed by atoms with van der Waals surface area (Å²) in [5.74, 6) is 1.04. The maximum atomic E-state index is 12.1. The van der Waals surface area contributed by atoms with E-state index < -0.39 is 0 Å². The van der Waals surface area contributed by atoms with Gasteiger partial charge in [-0.25, -0.2) is 0 Å². The second kappa shape index (κ2) is 6.05. The van der Waals surface area contributed by atoms with Crippen LogP contribution in [0.3, 0.4) is 0 Å². The van der Waals surface area contributed by atoms with Gasteiger partial charge in [-0.1, -0.05) is 18.6 Å². The van der Waals surface area contributed by atoms with Gasteiger partial charge >= 0.3 is 0 Å². The van der Waals surface area contributed by atoms with Gasteiger partial charge in [0.2, 0.25) is 5.91 Å². The Morgan fingerprint density at radius 2 is 2.06 bits per heavy atom.